The Morgan fingerprint density at radius 2 is 1.50 bits per heavy atom. The van der Waals surface area contributed by atoms with Crippen LogP contribution in [0.4, 0.5) is 0 Å². The van der Waals surface area contributed by atoms with E-state index in [1.54, 1.807) is 0 Å². The number of fused-ring (bicyclic) bond motifs is 1. The minimum absolute atomic E-state index is 0.0130. The lowest BCUT2D eigenvalue weighted by molar-refractivity contribution is -0.140. The first kappa shape index (κ1) is 22.8. The quantitative estimate of drug-likeness (QED) is 0.189. The van der Waals surface area contributed by atoms with Gasteiger partial charge >= 0.3 is 5.97 Å². The second-order valence-electron chi connectivity index (χ2n) is 9.17. The van der Waals surface area contributed by atoms with Crippen molar-refractivity contribution in [2.24, 2.45) is 11.8 Å². The number of hydrogen-bond donors (Lipinski definition) is 0. The van der Waals surface area contributed by atoms with Crippen LogP contribution in [-0.4, -0.2) is 5.97 Å². The van der Waals surface area contributed by atoms with Crippen molar-refractivity contribution in [2.45, 2.75) is 96.8 Å². The zero-order valence-electron chi connectivity index (χ0n) is 18.9. The third-order valence-corrected chi connectivity index (χ3v) is 6.85. The van der Waals surface area contributed by atoms with Gasteiger partial charge in [-0.1, -0.05) is 114 Å². The van der Waals surface area contributed by atoms with Gasteiger partial charge in [0.2, 0.25) is 0 Å². The molecule has 0 spiro atoms. The molecule has 2 heteroatoms. The summed E-state index contributed by atoms with van der Waals surface area (Å²) in [7, 11) is 0. The van der Waals surface area contributed by atoms with Gasteiger partial charge in [-0.25, -0.2) is 0 Å². The SMILES string of the molecule is CCCCCCCCCCCCC1CCCC1C(=O)Oc1cccc2ccccc12. The Hall–Kier alpha value is -1.83. The number of benzene rings is 2. The van der Waals surface area contributed by atoms with E-state index in [0.717, 1.165) is 23.6 Å². The average Bonchev–Trinajstić information content (AvgIpc) is 3.24. The highest BCUT2D eigenvalue weighted by Gasteiger charge is 2.34. The first-order valence-corrected chi connectivity index (χ1v) is 12.5. The molecule has 2 nitrogen and oxygen atoms in total. The third-order valence-electron chi connectivity index (χ3n) is 6.85. The third kappa shape index (κ3) is 6.86. The average molecular weight is 409 g/mol. The van der Waals surface area contributed by atoms with E-state index < -0.39 is 0 Å². The Kier molecular flexibility index (Phi) is 9.73. The van der Waals surface area contributed by atoms with E-state index in [4.69, 9.17) is 4.74 Å². The highest BCUT2D eigenvalue weighted by atomic mass is 16.5. The summed E-state index contributed by atoms with van der Waals surface area (Å²) >= 11 is 0. The minimum Gasteiger partial charge on any atom is -0.426 e. The number of hydrogen-bond acceptors (Lipinski definition) is 2. The molecule has 30 heavy (non-hydrogen) atoms. The molecule has 2 atom stereocenters. The van der Waals surface area contributed by atoms with Gasteiger partial charge in [-0.3, -0.25) is 4.79 Å². The van der Waals surface area contributed by atoms with Crippen LogP contribution in [0.2, 0.25) is 0 Å². The van der Waals surface area contributed by atoms with Gasteiger partial charge in [0.1, 0.15) is 5.75 Å². The van der Waals surface area contributed by atoms with Crippen LogP contribution in [0, 0.1) is 11.8 Å². The predicted molar refractivity (Wildman–Crippen MR) is 127 cm³/mol. The molecule has 0 aromatic heterocycles. The fourth-order valence-corrected chi connectivity index (χ4v) is 5.06. The van der Waals surface area contributed by atoms with E-state index in [1.165, 1.54) is 77.0 Å². The van der Waals surface area contributed by atoms with Crippen molar-refractivity contribution in [1.29, 1.82) is 0 Å². The van der Waals surface area contributed by atoms with Crippen molar-refractivity contribution in [3.05, 3.63) is 42.5 Å². The highest BCUT2D eigenvalue weighted by Crippen LogP contribution is 2.37. The summed E-state index contributed by atoms with van der Waals surface area (Å²) in [5.41, 5.74) is 0. The summed E-state index contributed by atoms with van der Waals surface area (Å²) in [6.07, 6.45) is 18.2. The molecule has 3 rings (SSSR count). The molecule has 0 N–H and O–H groups in total. The maximum Gasteiger partial charge on any atom is 0.314 e. The maximum absolute atomic E-state index is 12.9. The van der Waals surface area contributed by atoms with Crippen LogP contribution in [0.5, 0.6) is 5.75 Å². The van der Waals surface area contributed by atoms with Crippen molar-refractivity contribution in [3.8, 4) is 5.75 Å². The smallest absolute Gasteiger partial charge is 0.314 e. The molecule has 0 aliphatic heterocycles. The molecular weight excluding hydrogens is 368 g/mol. The molecular formula is C28H40O2. The van der Waals surface area contributed by atoms with Gasteiger partial charge in [0.15, 0.2) is 0 Å². The van der Waals surface area contributed by atoms with Crippen LogP contribution < -0.4 is 4.74 Å². The van der Waals surface area contributed by atoms with E-state index in [1.807, 2.05) is 30.3 Å². The fraction of sp³-hybridized carbons (Fsp3) is 0.607. The monoisotopic (exact) mass is 408 g/mol. The van der Waals surface area contributed by atoms with Crippen molar-refractivity contribution in [1.82, 2.24) is 0 Å². The molecule has 2 aromatic carbocycles. The topological polar surface area (TPSA) is 26.3 Å². The molecule has 0 bridgehead atoms. The number of carbonyl (C=O) groups is 1. The van der Waals surface area contributed by atoms with Crippen LogP contribution in [0.15, 0.2) is 42.5 Å². The number of carbonyl (C=O) groups excluding carboxylic acids is 1. The second kappa shape index (κ2) is 12.8. The van der Waals surface area contributed by atoms with Crippen LogP contribution >= 0.6 is 0 Å². The predicted octanol–water partition coefficient (Wildman–Crippen LogP) is 8.47. The molecule has 1 saturated carbocycles. The molecule has 0 saturated heterocycles. The lowest BCUT2D eigenvalue weighted by Crippen LogP contribution is -2.24. The highest BCUT2D eigenvalue weighted by molar-refractivity contribution is 5.90. The summed E-state index contributed by atoms with van der Waals surface area (Å²) in [5.74, 6) is 1.30. The number of rotatable bonds is 13. The fourth-order valence-electron chi connectivity index (χ4n) is 5.06. The molecule has 0 amide bonds. The van der Waals surface area contributed by atoms with Crippen molar-refractivity contribution in [3.63, 3.8) is 0 Å². The lowest BCUT2D eigenvalue weighted by Gasteiger charge is -2.19. The van der Waals surface area contributed by atoms with E-state index in [-0.39, 0.29) is 11.9 Å². The molecule has 1 aliphatic rings. The van der Waals surface area contributed by atoms with Gasteiger partial charge in [-0.15, -0.1) is 0 Å². The van der Waals surface area contributed by atoms with Gasteiger partial charge in [0, 0.05) is 5.39 Å². The number of unbranched alkanes of at least 4 members (excludes halogenated alkanes) is 9. The second-order valence-corrected chi connectivity index (χ2v) is 9.17. The maximum atomic E-state index is 12.9. The summed E-state index contributed by atoms with van der Waals surface area (Å²) in [6.45, 7) is 2.28. The lowest BCUT2D eigenvalue weighted by atomic mass is 9.90. The first-order valence-electron chi connectivity index (χ1n) is 12.5. The Bertz CT molecular complexity index is 761. The zero-order chi connectivity index (χ0) is 21.0. The number of esters is 1. The van der Waals surface area contributed by atoms with Crippen LogP contribution in [-0.2, 0) is 4.79 Å². The van der Waals surface area contributed by atoms with Crippen molar-refractivity contribution >= 4 is 16.7 Å². The first-order chi connectivity index (χ1) is 14.8. The van der Waals surface area contributed by atoms with E-state index in [0.29, 0.717) is 11.7 Å². The molecule has 0 heterocycles. The zero-order valence-corrected chi connectivity index (χ0v) is 18.9. The largest absolute Gasteiger partial charge is 0.426 e. The Balaban J connectivity index is 1.37. The molecule has 2 unspecified atom stereocenters. The summed E-state index contributed by atoms with van der Waals surface area (Å²) < 4.78 is 5.90. The number of ether oxygens (including phenoxy) is 1. The van der Waals surface area contributed by atoms with Crippen LogP contribution in [0.25, 0.3) is 10.8 Å². The van der Waals surface area contributed by atoms with E-state index in [2.05, 4.69) is 19.1 Å². The summed E-state index contributed by atoms with van der Waals surface area (Å²) in [6, 6.07) is 14.1. The molecule has 0 radical (unpaired) electrons. The Labute approximate surface area is 183 Å². The van der Waals surface area contributed by atoms with Gasteiger partial charge in [0.05, 0.1) is 5.92 Å². The van der Waals surface area contributed by atoms with Crippen LogP contribution in [0.1, 0.15) is 96.8 Å². The van der Waals surface area contributed by atoms with E-state index in [9.17, 15) is 4.79 Å². The van der Waals surface area contributed by atoms with Crippen molar-refractivity contribution < 1.29 is 9.53 Å². The minimum atomic E-state index is -0.0130. The summed E-state index contributed by atoms with van der Waals surface area (Å²) in [5, 5.41) is 2.15. The van der Waals surface area contributed by atoms with Gasteiger partial charge in [0.25, 0.3) is 0 Å². The molecule has 2 aromatic rings. The standard InChI is InChI=1S/C28H40O2/c1-2-3-4-5-6-7-8-9-10-11-16-24-18-14-21-26(24)28(29)30-27-22-15-19-23-17-12-13-20-25(23)27/h12-13,15,17,19-20,22,24,26H,2-11,14,16,18,21H2,1H3. The van der Waals surface area contributed by atoms with Gasteiger partial charge < -0.3 is 4.74 Å². The Morgan fingerprint density at radius 1 is 0.833 bits per heavy atom. The Morgan fingerprint density at radius 3 is 2.27 bits per heavy atom. The molecule has 1 aliphatic carbocycles. The van der Waals surface area contributed by atoms with Crippen molar-refractivity contribution in [2.75, 3.05) is 0 Å². The van der Waals surface area contributed by atoms with Crippen LogP contribution in [0.3, 0.4) is 0 Å². The normalized spacial score (nSPS) is 18.7. The summed E-state index contributed by atoms with van der Waals surface area (Å²) in [4.78, 5) is 12.9. The van der Waals surface area contributed by atoms with E-state index >= 15 is 0 Å². The molecule has 164 valence electrons. The van der Waals surface area contributed by atoms with Gasteiger partial charge in [-0.2, -0.15) is 0 Å². The molecule has 1 fully saturated rings. The van der Waals surface area contributed by atoms with Gasteiger partial charge in [-0.05, 0) is 36.6 Å².